The standard InChI is InChI=1S/C12H11NO3/c1-15-12(14)7-9-16-13-8-6-10-4-2-3-5-11(10)13/h2-9H,1H3/b9-7+. The topological polar surface area (TPSA) is 40.5 Å². The van der Waals surface area contributed by atoms with Crippen molar-refractivity contribution >= 4 is 16.9 Å². The molecular weight excluding hydrogens is 206 g/mol. The predicted octanol–water partition coefficient (Wildman–Crippen LogP) is 1.76. The number of carbonyl (C=O) groups excluding carboxylic acids is 1. The van der Waals surface area contributed by atoms with Gasteiger partial charge >= 0.3 is 5.97 Å². The van der Waals surface area contributed by atoms with Crippen LogP contribution in [0.5, 0.6) is 0 Å². The fourth-order valence-electron chi connectivity index (χ4n) is 1.37. The van der Waals surface area contributed by atoms with Gasteiger partial charge in [-0.15, -0.1) is 0 Å². The van der Waals surface area contributed by atoms with Crippen molar-refractivity contribution < 1.29 is 14.4 Å². The van der Waals surface area contributed by atoms with Crippen molar-refractivity contribution in [3.8, 4) is 0 Å². The van der Waals surface area contributed by atoms with E-state index < -0.39 is 5.97 Å². The molecule has 16 heavy (non-hydrogen) atoms. The summed E-state index contributed by atoms with van der Waals surface area (Å²) in [5.74, 6) is -0.448. The van der Waals surface area contributed by atoms with Gasteiger partial charge in [0.25, 0.3) is 0 Å². The van der Waals surface area contributed by atoms with Crippen molar-refractivity contribution in [2.24, 2.45) is 0 Å². The molecule has 0 aliphatic carbocycles. The van der Waals surface area contributed by atoms with Crippen LogP contribution in [0.25, 0.3) is 10.9 Å². The van der Waals surface area contributed by atoms with Crippen molar-refractivity contribution in [1.29, 1.82) is 0 Å². The van der Waals surface area contributed by atoms with E-state index in [0.29, 0.717) is 0 Å². The van der Waals surface area contributed by atoms with Crippen LogP contribution in [0, 0.1) is 0 Å². The number of carbonyl (C=O) groups is 1. The highest BCUT2D eigenvalue weighted by atomic mass is 16.6. The van der Waals surface area contributed by atoms with Gasteiger partial charge in [-0.25, -0.2) is 4.79 Å². The molecule has 0 saturated carbocycles. The summed E-state index contributed by atoms with van der Waals surface area (Å²) in [5, 5.41) is 1.08. The maximum atomic E-state index is 10.8. The number of rotatable bonds is 3. The lowest BCUT2D eigenvalue weighted by atomic mass is 10.3. The zero-order chi connectivity index (χ0) is 11.4. The number of methoxy groups -OCH3 is 1. The largest absolute Gasteiger partial charge is 0.466 e. The van der Waals surface area contributed by atoms with Gasteiger partial charge in [-0.2, -0.15) is 4.73 Å². The van der Waals surface area contributed by atoms with E-state index in [4.69, 9.17) is 4.84 Å². The molecule has 0 spiro atoms. The van der Waals surface area contributed by atoms with Crippen molar-refractivity contribution in [2.75, 3.05) is 7.11 Å². The van der Waals surface area contributed by atoms with Crippen LogP contribution in [-0.2, 0) is 9.53 Å². The van der Waals surface area contributed by atoms with Crippen molar-refractivity contribution in [2.45, 2.75) is 0 Å². The lowest BCUT2D eigenvalue weighted by Gasteiger charge is -2.01. The number of esters is 1. The van der Waals surface area contributed by atoms with Crippen LogP contribution in [0.1, 0.15) is 0 Å². The number of aromatic nitrogens is 1. The van der Waals surface area contributed by atoms with E-state index in [2.05, 4.69) is 4.74 Å². The normalized spacial score (nSPS) is 10.8. The molecule has 0 saturated heterocycles. The Kier molecular flexibility index (Phi) is 2.91. The molecule has 0 atom stereocenters. The Morgan fingerprint density at radius 3 is 2.94 bits per heavy atom. The van der Waals surface area contributed by atoms with E-state index in [1.807, 2.05) is 30.3 Å². The zero-order valence-electron chi connectivity index (χ0n) is 8.79. The predicted molar refractivity (Wildman–Crippen MR) is 59.7 cm³/mol. The summed E-state index contributed by atoms with van der Waals surface area (Å²) in [7, 11) is 1.32. The Labute approximate surface area is 92.6 Å². The smallest absolute Gasteiger partial charge is 0.333 e. The molecule has 0 aliphatic rings. The molecule has 4 nitrogen and oxygen atoms in total. The highest BCUT2D eigenvalue weighted by molar-refractivity contribution is 5.81. The maximum Gasteiger partial charge on any atom is 0.333 e. The summed E-state index contributed by atoms with van der Waals surface area (Å²) >= 11 is 0. The SMILES string of the molecule is COC(=O)/C=C/On1ccc2ccccc21. The van der Waals surface area contributed by atoms with Crippen LogP contribution in [-0.4, -0.2) is 17.8 Å². The van der Waals surface area contributed by atoms with Crippen molar-refractivity contribution in [1.82, 2.24) is 4.73 Å². The number of hydrogen-bond acceptors (Lipinski definition) is 3. The third kappa shape index (κ3) is 2.06. The maximum absolute atomic E-state index is 10.8. The molecule has 0 unspecified atom stereocenters. The quantitative estimate of drug-likeness (QED) is 0.447. The minimum atomic E-state index is -0.448. The third-order valence-corrected chi connectivity index (χ3v) is 2.14. The summed E-state index contributed by atoms with van der Waals surface area (Å²) in [5.41, 5.74) is 0.942. The van der Waals surface area contributed by atoms with Gasteiger partial charge in [0.05, 0.1) is 18.7 Å². The van der Waals surface area contributed by atoms with Gasteiger partial charge in [0.1, 0.15) is 6.26 Å². The second kappa shape index (κ2) is 4.53. The highest BCUT2D eigenvalue weighted by Gasteiger charge is 1.98. The summed E-state index contributed by atoms with van der Waals surface area (Å²) < 4.78 is 6.02. The first-order chi connectivity index (χ1) is 7.81. The number of ether oxygens (including phenoxy) is 1. The number of benzene rings is 1. The molecular formula is C12H11NO3. The molecule has 0 aliphatic heterocycles. The van der Waals surface area contributed by atoms with E-state index in [0.717, 1.165) is 10.9 Å². The Morgan fingerprint density at radius 2 is 2.12 bits per heavy atom. The fraction of sp³-hybridized carbons (Fsp3) is 0.0833. The Morgan fingerprint density at radius 1 is 1.31 bits per heavy atom. The van der Waals surface area contributed by atoms with E-state index in [1.165, 1.54) is 19.4 Å². The number of para-hydroxylation sites is 1. The summed E-state index contributed by atoms with van der Waals surface area (Å²) in [6.07, 6.45) is 4.29. The molecule has 0 amide bonds. The highest BCUT2D eigenvalue weighted by Crippen LogP contribution is 2.13. The van der Waals surface area contributed by atoms with Gasteiger partial charge in [-0.1, -0.05) is 18.2 Å². The molecule has 2 aromatic rings. The number of fused-ring (bicyclic) bond motifs is 1. The fourth-order valence-corrected chi connectivity index (χ4v) is 1.37. The number of nitrogens with zero attached hydrogens (tertiary/aromatic N) is 1. The van der Waals surface area contributed by atoms with Crippen molar-refractivity contribution in [3.63, 3.8) is 0 Å². The first kappa shape index (κ1) is 10.3. The minimum Gasteiger partial charge on any atom is -0.466 e. The van der Waals surface area contributed by atoms with Gasteiger partial charge in [0, 0.05) is 11.6 Å². The van der Waals surface area contributed by atoms with Crippen LogP contribution in [0.3, 0.4) is 0 Å². The average Bonchev–Trinajstić information content (AvgIpc) is 2.73. The molecule has 0 bridgehead atoms. The minimum absolute atomic E-state index is 0.448. The molecule has 1 aromatic heterocycles. The third-order valence-electron chi connectivity index (χ3n) is 2.14. The molecule has 82 valence electrons. The van der Waals surface area contributed by atoms with Gasteiger partial charge in [-0.05, 0) is 12.1 Å². The van der Waals surface area contributed by atoms with Crippen LogP contribution >= 0.6 is 0 Å². The van der Waals surface area contributed by atoms with E-state index in [-0.39, 0.29) is 0 Å². The van der Waals surface area contributed by atoms with Gasteiger partial charge in [0.15, 0.2) is 0 Å². The zero-order valence-corrected chi connectivity index (χ0v) is 8.79. The van der Waals surface area contributed by atoms with Crippen LogP contribution in [0.15, 0.2) is 48.9 Å². The first-order valence-electron chi connectivity index (χ1n) is 4.79. The molecule has 2 rings (SSSR count). The Balaban J connectivity index is 2.16. The van der Waals surface area contributed by atoms with E-state index in [9.17, 15) is 4.79 Å². The van der Waals surface area contributed by atoms with Crippen LogP contribution < -0.4 is 4.84 Å². The van der Waals surface area contributed by atoms with Gasteiger partial charge in [0.2, 0.25) is 0 Å². The molecule has 1 heterocycles. The van der Waals surface area contributed by atoms with Crippen LogP contribution in [0.4, 0.5) is 0 Å². The summed E-state index contributed by atoms with van der Waals surface area (Å²) in [4.78, 5) is 16.1. The summed E-state index contributed by atoms with van der Waals surface area (Å²) in [6.45, 7) is 0. The molecule has 0 radical (unpaired) electrons. The van der Waals surface area contributed by atoms with E-state index in [1.54, 1.807) is 10.9 Å². The Hall–Kier alpha value is -2.23. The summed E-state index contributed by atoms with van der Waals surface area (Å²) in [6, 6.07) is 9.73. The molecule has 0 fully saturated rings. The lowest BCUT2D eigenvalue weighted by Crippen LogP contribution is -2.04. The molecule has 1 aromatic carbocycles. The van der Waals surface area contributed by atoms with Gasteiger partial charge in [-0.3, -0.25) is 0 Å². The molecule has 0 N–H and O–H groups in total. The Bertz CT molecular complexity index is 528. The first-order valence-corrected chi connectivity index (χ1v) is 4.79. The number of hydrogen-bond donors (Lipinski definition) is 0. The van der Waals surface area contributed by atoms with Crippen molar-refractivity contribution in [3.05, 3.63) is 48.9 Å². The molecule has 4 heteroatoms. The lowest BCUT2D eigenvalue weighted by molar-refractivity contribution is -0.134. The van der Waals surface area contributed by atoms with Gasteiger partial charge < -0.3 is 9.57 Å². The monoisotopic (exact) mass is 217 g/mol. The second-order valence-electron chi connectivity index (χ2n) is 3.13. The van der Waals surface area contributed by atoms with Crippen LogP contribution in [0.2, 0.25) is 0 Å². The second-order valence-corrected chi connectivity index (χ2v) is 3.13. The average molecular weight is 217 g/mol. The van der Waals surface area contributed by atoms with E-state index >= 15 is 0 Å².